The van der Waals surface area contributed by atoms with Gasteiger partial charge in [0.25, 0.3) is 6.29 Å². The number of hydrogen-bond acceptors (Lipinski definition) is 6. The molecule has 1 amide bonds. The zero-order valence-electron chi connectivity index (χ0n) is 14.7. The molecule has 2 N–H and O–H groups in total. The van der Waals surface area contributed by atoms with Crippen molar-refractivity contribution < 1.29 is 33.7 Å². The van der Waals surface area contributed by atoms with Crippen LogP contribution in [0.15, 0.2) is 24.3 Å². The predicted molar refractivity (Wildman–Crippen MR) is 93.0 cm³/mol. The number of carboxylic acids is 1. The topological polar surface area (TPSA) is 111 Å². The molecule has 0 spiro atoms. The lowest BCUT2D eigenvalue weighted by atomic mass is 10.2. The third kappa shape index (κ3) is 7.60. The Labute approximate surface area is 156 Å². The van der Waals surface area contributed by atoms with E-state index in [1.807, 2.05) is 0 Å². The second-order valence-corrected chi connectivity index (χ2v) is 6.08. The first-order valence-electron chi connectivity index (χ1n) is 8.01. The van der Waals surface area contributed by atoms with Crippen LogP contribution in [-0.2, 0) is 19.1 Å². The fourth-order valence-corrected chi connectivity index (χ4v) is 1.90. The van der Waals surface area contributed by atoms with Crippen LogP contribution in [0.2, 0.25) is 5.02 Å². The monoisotopic (exact) mass is 387 g/mol. The lowest BCUT2D eigenvalue weighted by Crippen LogP contribution is -2.42. The minimum atomic E-state index is -1.35. The van der Waals surface area contributed by atoms with Gasteiger partial charge in [0, 0.05) is 17.4 Å². The molecule has 8 nitrogen and oxygen atoms in total. The Morgan fingerprint density at radius 2 is 1.92 bits per heavy atom. The number of rotatable bonds is 9. The van der Waals surface area contributed by atoms with Gasteiger partial charge in [-0.25, -0.2) is 9.59 Å². The maximum Gasteiger partial charge on any atom is 0.410 e. The van der Waals surface area contributed by atoms with E-state index >= 15 is 0 Å². The molecule has 1 aromatic carbocycles. The molecular formula is C17H22ClNO7. The van der Waals surface area contributed by atoms with Crippen molar-refractivity contribution in [2.45, 2.75) is 39.6 Å². The number of ether oxygens (including phenoxy) is 3. The first-order valence-corrected chi connectivity index (χ1v) is 8.39. The number of carboxylic acid groups (broad SMARTS) is 1. The summed E-state index contributed by atoms with van der Waals surface area (Å²) in [4.78, 5) is 34.5. The van der Waals surface area contributed by atoms with Gasteiger partial charge in [-0.3, -0.25) is 4.79 Å². The number of carbonyl (C=O) groups excluding carboxylic acids is 2. The van der Waals surface area contributed by atoms with Gasteiger partial charge >= 0.3 is 18.0 Å². The third-order valence-corrected chi connectivity index (χ3v) is 3.32. The van der Waals surface area contributed by atoms with Crippen molar-refractivity contribution in [2.24, 2.45) is 5.92 Å². The van der Waals surface area contributed by atoms with E-state index in [4.69, 9.17) is 25.8 Å². The minimum Gasteiger partial charge on any atom is -0.478 e. The van der Waals surface area contributed by atoms with Crippen molar-refractivity contribution in [3.8, 4) is 5.75 Å². The Morgan fingerprint density at radius 1 is 1.23 bits per heavy atom. The van der Waals surface area contributed by atoms with Gasteiger partial charge in [-0.2, -0.15) is 0 Å². The Balaban J connectivity index is 2.60. The molecule has 0 bridgehead atoms. The molecule has 1 aromatic rings. The molecule has 0 aliphatic heterocycles. The largest absolute Gasteiger partial charge is 0.478 e. The van der Waals surface area contributed by atoms with Crippen LogP contribution >= 0.6 is 11.6 Å². The highest BCUT2D eigenvalue weighted by molar-refractivity contribution is 6.30. The molecule has 2 atom stereocenters. The highest BCUT2D eigenvalue weighted by Crippen LogP contribution is 2.18. The molecule has 0 radical (unpaired) electrons. The zero-order chi connectivity index (χ0) is 19.7. The fraction of sp³-hybridized carbons (Fsp3) is 0.471. The van der Waals surface area contributed by atoms with Crippen LogP contribution in [0, 0.1) is 5.92 Å². The van der Waals surface area contributed by atoms with E-state index in [1.54, 1.807) is 39.0 Å². The van der Waals surface area contributed by atoms with E-state index in [1.165, 1.54) is 6.07 Å². The van der Waals surface area contributed by atoms with Gasteiger partial charge in [-0.1, -0.05) is 38.4 Å². The molecule has 26 heavy (non-hydrogen) atoms. The van der Waals surface area contributed by atoms with Crippen LogP contribution in [-0.4, -0.2) is 42.1 Å². The van der Waals surface area contributed by atoms with E-state index < -0.39 is 30.4 Å². The normalized spacial score (nSPS) is 12.8. The lowest BCUT2D eigenvalue weighted by molar-refractivity contribution is -0.174. The average Bonchev–Trinajstić information content (AvgIpc) is 2.57. The van der Waals surface area contributed by atoms with Crippen molar-refractivity contribution in [3.63, 3.8) is 0 Å². The third-order valence-electron chi connectivity index (χ3n) is 3.09. The molecule has 0 unspecified atom stereocenters. The Hall–Kier alpha value is -2.48. The van der Waals surface area contributed by atoms with Gasteiger partial charge < -0.3 is 24.6 Å². The van der Waals surface area contributed by atoms with Gasteiger partial charge in [0.05, 0.1) is 6.54 Å². The number of carbonyl (C=O) groups is 3. The van der Waals surface area contributed by atoms with E-state index in [-0.39, 0.29) is 24.6 Å². The van der Waals surface area contributed by atoms with Crippen LogP contribution in [0.25, 0.3) is 0 Å². The molecule has 0 aromatic heterocycles. The maximum absolute atomic E-state index is 11.9. The van der Waals surface area contributed by atoms with Crippen LogP contribution < -0.4 is 10.1 Å². The summed E-state index contributed by atoms with van der Waals surface area (Å²) in [5, 5.41) is 11.9. The zero-order valence-corrected chi connectivity index (χ0v) is 15.5. The number of halogens is 1. The van der Waals surface area contributed by atoms with Gasteiger partial charge in [0.2, 0.25) is 6.10 Å². The number of benzene rings is 1. The number of nitrogens with one attached hydrogen (secondary N) is 1. The number of alkyl carbamates (subject to hydrolysis) is 1. The van der Waals surface area contributed by atoms with E-state index in [0.717, 1.165) is 0 Å². The van der Waals surface area contributed by atoms with Crippen molar-refractivity contribution in [1.82, 2.24) is 5.32 Å². The van der Waals surface area contributed by atoms with Crippen molar-refractivity contribution in [1.29, 1.82) is 0 Å². The van der Waals surface area contributed by atoms with Crippen LogP contribution in [0.3, 0.4) is 0 Å². The Bertz CT molecular complexity index is 635. The van der Waals surface area contributed by atoms with Gasteiger partial charge in [0.1, 0.15) is 5.75 Å². The van der Waals surface area contributed by atoms with Crippen molar-refractivity contribution in [2.75, 3.05) is 6.54 Å². The summed E-state index contributed by atoms with van der Waals surface area (Å²) in [6.07, 6.45) is -3.20. The molecule has 0 saturated heterocycles. The minimum absolute atomic E-state index is 0.142. The summed E-state index contributed by atoms with van der Waals surface area (Å²) < 4.78 is 15.3. The molecular weight excluding hydrogens is 366 g/mol. The smallest absolute Gasteiger partial charge is 0.410 e. The van der Waals surface area contributed by atoms with E-state index in [9.17, 15) is 19.5 Å². The lowest BCUT2D eigenvalue weighted by Gasteiger charge is -2.22. The molecule has 0 saturated carbocycles. The van der Waals surface area contributed by atoms with Crippen molar-refractivity contribution in [3.05, 3.63) is 29.3 Å². The molecule has 0 aliphatic rings. The maximum atomic E-state index is 11.9. The van der Waals surface area contributed by atoms with Gasteiger partial charge in [-0.15, -0.1) is 0 Å². The number of hydrogen-bond donors (Lipinski definition) is 2. The Morgan fingerprint density at radius 3 is 2.46 bits per heavy atom. The summed E-state index contributed by atoms with van der Waals surface area (Å²) in [7, 11) is 0. The van der Waals surface area contributed by atoms with Crippen LogP contribution in [0.5, 0.6) is 5.75 Å². The van der Waals surface area contributed by atoms with Gasteiger partial charge in [0.15, 0.2) is 0 Å². The van der Waals surface area contributed by atoms with Gasteiger partial charge in [-0.05, 0) is 18.2 Å². The Kier molecular flexibility index (Phi) is 8.71. The second kappa shape index (κ2) is 10.5. The molecule has 0 fully saturated rings. The average molecular weight is 388 g/mol. The molecule has 9 heteroatoms. The highest BCUT2D eigenvalue weighted by atomic mass is 35.5. The summed E-state index contributed by atoms with van der Waals surface area (Å²) in [5.74, 6) is -1.81. The summed E-state index contributed by atoms with van der Waals surface area (Å²) >= 11 is 5.82. The summed E-state index contributed by atoms with van der Waals surface area (Å²) in [5.41, 5.74) is 0. The number of amides is 1. The van der Waals surface area contributed by atoms with Crippen molar-refractivity contribution >= 4 is 29.6 Å². The molecule has 144 valence electrons. The molecule has 0 aliphatic carbocycles. The van der Waals surface area contributed by atoms with E-state index in [0.29, 0.717) is 5.02 Å². The van der Waals surface area contributed by atoms with Crippen LogP contribution in [0.1, 0.15) is 27.2 Å². The molecule has 0 heterocycles. The SMILES string of the molecule is CCC(=O)O[C@H](OC(=O)NC[C@H](Oc1cccc(Cl)c1)C(=O)O)C(C)C. The number of aliphatic carboxylic acids is 1. The van der Waals surface area contributed by atoms with E-state index in [2.05, 4.69) is 5.32 Å². The molecule has 1 rings (SSSR count). The quantitative estimate of drug-likeness (QED) is 0.495. The van der Waals surface area contributed by atoms with Crippen LogP contribution in [0.4, 0.5) is 4.79 Å². The second-order valence-electron chi connectivity index (χ2n) is 5.64. The number of esters is 1. The first kappa shape index (κ1) is 21.6. The highest BCUT2D eigenvalue weighted by Gasteiger charge is 2.25. The standard InChI is InChI=1S/C17H22ClNO7/c1-4-14(20)25-16(10(2)3)26-17(23)19-9-13(15(21)22)24-12-7-5-6-11(18)8-12/h5-8,10,13,16H,4,9H2,1-3H3,(H,19,23)(H,21,22)/t13-,16+/m0/s1. The predicted octanol–water partition coefficient (Wildman–Crippen LogP) is 2.83. The fourth-order valence-electron chi connectivity index (χ4n) is 1.72. The first-order chi connectivity index (χ1) is 12.2. The summed E-state index contributed by atoms with van der Waals surface area (Å²) in [6.45, 7) is 4.68. The summed E-state index contributed by atoms with van der Waals surface area (Å²) in [6, 6.07) is 6.21.